The van der Waals surface area contributed by atoms with Crippen LogP contribution in [0.5, 0.6) is 0 Å². The summed E-state index contributed by atoms with van der Waals surface area (Å²) >= 11 is 0. The van der Waals surface area contributed by atoms with Crippen molar-refractivity contribution in [3.8, 4) is 0 Å². The minimum atomic E-state index is -1.53. The molecule has 5 nitrogen and oxygen atoms in total. The summed E-state index contributed by atoms with van der Waals surface area (Å²) in [7, 11) is 0. The Hall–Kier alpha value is -2.66. The molecule has 5 atom stereocenters. The Kier molecular flexibility index (Phi) is 4.12. The molecule has 2 aliphatic carbocycles. The second-order valence-electron chi connectivity index (χ2n) is 8.29. The average Bonchev–Trinajstić information content (AvgIpc) is 3.05. The number of benzene rings is 1. The van der Waals surface area contributed by atoms with Crippen LogP contribution in [0, 0.1) is 17.3 Å². The third-order valence-corrected chi connectivity index (χ3v) is 6.83. The van der Waals surface area contributed by atoms with Crippen LogP contribution in [0.15, 0.2) is 59.9 Å². The molecule has 1 aromatic carbocycles. The first-order valence-electron chi connectivity index (χ1n) is 9.56. The van der Waals surface area contributed by atoms with Crippen molar-refractivity contribution >= 4 is 17.8 Å². The molecular weight excluding hydrogens is 356 g/mol. The molecular formula is C23H24O5. The Morgan fingerprint density at radius 2 is 1.93 bits per heavy atom. The Balaban J connectivity index is 1.81. The van der Waals surface area contributed by atoms with E-state index in [1.807, 2.05) is 37.3 Å². The molecule has 146 valence electrons. The van der Waals surface area contributed by atoms with E-state index in [-0.39, 0.29) is 23.2 Å². The number of fused-ring (bicyclic) bond motifs is 3. The predicted octanol–water partition coefficient (Wildman–Crippen LogP) is 3.36. The molecule has 0 amide bonds. The van der Waals surface area contributed by atoms with Crippen LogP contribution in [0.4, 0.5) is 0 Å². The summed E-state index contributed by atoms with van der Waals surface area (Å²) < 4.78 is 5.55. The molecule has 0 aromatic heterocycles. The number of ketones is 1. The zero-order valence-electron chi connectivity index (χ0n) is 16.0. The fourth-order valence-corrected chi connectivity index (χ4v) is 4.99. The second kappa shape index (κ2) is 6.17. The van der Waals surface area contributed by atoms with Crippen molar-refractivity contribution in [2.75, 3.05) is 0 Å². The molecule has 1 aromatic rings. The Bertz CT molecular complexity index is 928. The monoisotopic (exact) mass is 380 g/mol. The number of aliphatic hydroxyl groups excluding tert-OH is 1. The SMILES string of the molecule is C=C1C(=O)OC2C1CCC(C)C1(O)C=C(C(O)=Cc3ccccc3)C(=O)C21C. The number of hydrogen-bond donors (Lipinski definition) is 2. The van der Waals surface area contributed by atoms with Crippen LogP contribution in [0.2, 0.25) is 0 Å². The maximum atomic E-state index is 13.5. The van der Waals surface area contributed by atoms with Crippen LogP contribution in [0.3, 0.4) is 0 Å². The second-order valence-corrected chi connectivity index (χ2v) is 8.29. The van der Waals surface area contributed by atoms with Gasteiger partial charge in [-0.2, -0.15) is 0 Å². The van der Waals surface area contributed by atoms with Crippen LogP contribution < -0.4 is 0 Å². The predicted molar refractivity (Wildman–Crippen MR) is 104 cm³/mol. The third-order valence-electron chi connectivity index (χ3n) is 6.83. The zero-order valence-corrected chi connectivity index (χ0v) is 16.0. The van der Waals surface area contributed by atoms with Gasteiger partial charge in [-0.05, 0) is 43.4 Å². The van der Waals surface area contributed by atoms with Crippen LogP contribution in [-0.2, 0) is 14.3 Å². The first-order chi connectivity index (χ1) is 13.2. The highest BCUT2D eigenvalue weighted by Gasteiger charge is 2.68. The van der Waals surface area contributed by atoms with Crippen molar-refractivity contribution in [3.05, 3.63) is 65.5 Å². The van der Waals surface area contributed by atoms with Crippen molar-refractivity contribution in [1.29, 1.82) is 0 Å². The first-order valence-corrected chi connectivity index (χ1v) is 9.56. The van der Waals surface area contributed by atoms with E-state index in [4.69, 9.17) is 4.74 Å². The maximum absolute atomic E-state index is 13.5. The minimum Gasteiger partial charge on any atom is -0.507 e. The van der Waals surface area contributed by atoms with Crippen molar-refractivity contribution < 1.29 is 24.5 Å². The van der Waals surface area contributed by atoms with Crippen LogP contribution >= 0.6 is 0 Å². The van der Waals surface area contributed by atoms with E-state index < -0.39 is 28.9 Å². The minimum absolute atomic E-state index is 0.0647. The lowest BCUT2D eigenvalue weighted by Gasteiger charge is -2.43. The van der Waals surface area contributed by atoms with E-state index in [1.54, 1.807) is 6.92 Å². The highest BCUT2D eigenvalue weighted by Crippen LogP contribution is 2.58. The normalized spacial score (nSPS) is 37.8. The van der Waals surface area contributed by atoms with Gasteiger partial charge in [-0.1, -0.05) is 43.8 Å². The van der Waals surface area contributed by atoms with E-state index in [0.29, 0.717) is 18.4 Å². The van der Waals surface area contributed by atoms with Gasteiger partial charge in [0.1, 0.15) is 22.9 Å². The molecule has 5 heteroatoms. The van der Waals surface area contributed by atoms with Gasteiger partial charge < -0.3 is 14.9 Å². The number of Topliss-reactive ketones (excluding diaryl/α,β-unsaturated/α-hetero) is 1. The molecule has 5 unspecified atom stereocenters. The van der Waals surface area contributed by atoms with Gasteiger partial charge in [0, 0.05) is 11.5 Å². The summed E-state index contributed by atoms with van der Waals surface area (Å²) in [5, 5.41) is 22.3. The molecule has 0 spiro atoms. The summed E-state index contributed by atoms with van der Waals surface area (Å²) in [6.07, 6.45) is 3.41. The first kappa shape index (κ1) is 18.7. The molecule has 1 saturated carbocycles. The molecule has 28 heavy (non-hydrogen) atoms. The van der Waals surface area contributed by atoms with Gasteiger partial charge in [0.05, 0.1) is 5.57 Å². The number of rotatable bonds is 2. The largest absolute Gasteiger partial charge is 0.507 e. The number of ether oxygens (including phenoxy) is 1. The smallest absolute Gasteiger partial charge is 0.334 e. The van der Waals surface area contributed by atoms with Crippen molar-refractivity contribution in [2.24, 2.45) is 17.3 Å². The van der Waals surface area contributed by atoms with Gasteiger partial charge in [-0.3, -0.25) is 4.79 Å². The topological polar surface area (TPSA) is 83.8 Å². The van der Waals surface area contributed by atoms with Crippen LogP contribution in [0.1, 0.15) is 32.3 Å². The summed E-state index contributed by atoms with van der Waals surface area (Å²) in [5.41, 5.74) is -1.74. The van der Waals surface area contributed by atoms with Crippen molar-refractivity contribution in [3.63, 3.8) is 0 Å². The molecule has 2 fully saturated rings. The highest BCUT2D eigenvalue weighted by molar-refractivity contribution is 6.09. The molecule has 1 saturated heterocycles. The number of aliphatic hydroxyl groups is 2. The number of carbonyl (C=O) groups is 2. The standard InChI is InChI=1S/C23H24O5/c1-13-9-10-16-14(2)21(26)28-20(16)22(3)19(25)17(12-23(13,22)27)18(24)11-15-7-5-4-6-8-15/h4-8,11-13,16,20,24,27H,2,9-10H2,1,3H3. The van der Waals surface area contributed by atoms with Crippen molar-refractivity contribution in [2.45, 2.75) is 38.4 Å². The molecule has 3 aliphatic rings. The quantitative estimate of drug-likeness (QED) is 0.467. The Morgan fingerprint density at radius 1 is 1.25 bits per heavy atom. The Morgan fingerprint density at radius 3 is 2.61 bits per heavy atom. The van der Waals surface area contributed by atoms with Gasteiger partial charge in [0.2, 0.25) is 0 Å². The fraction of sp³-hybridized carbons (Fsp3) is 0.391. The van der Waals surface area contributed by atoms with Crippen LogP contribution in [-0.4, -0.2) is 33.7 Å². The number of esters is 1. The van der Waals surface area contributed by atoms with Gasteiger partial charge in [0.15, 0.2) is 5.78 Å². The highest BCUT2D eigenvalue weighted by atomic mass is 16.6. The molecule has 1 aliphatic heterocycles. The van der Waals surface area contributed by atoms with Gasteiger partial charge >= 0.3 is 5.97 Å². The molecule has 4 rings (SSSR count). The summed E-state index contributed by atoms with van der Waals surface area (Å²) in [4.78, 5) is 25.6. The maximum Gasteiger partial charge on any atom is 0.334 e. The van der Waals surface area contributed by atoms with Crippen molar-refractivity contribution in [1.82, 2.24) is 0 Å². The van der Waals surface area contributed by atoms with E-state index >= 15 is 0 Å². The summed E-state index contributed by atoms with van der Waals surface area (Å²) in [6, 6.07) is 9.15. The number of carbonyl (C=O) groups excluding carboxylic acids is 2. The van der Waals surface area contributed by atoms with Gasteiger partial charge in [-0.25, -0.2) is 4.79 Å². The van der Waals surface area contributed by atoms with E-state index in [0.717, 1.165) is 5.56 Å². The van der Waals surface area contributed by atoms with Crippen LogP contribution in [0.25, 0.3) is 6.08 Å². The molecule has 2 N–H and O–H groups in total. The van der Waals surface area contributed by atoms with E-state index in [9.17, 15) is 19.8 Å². The summed E-state index contributed by atoms with van der Waals surface area (Å²) in [5.74, 6) is -1.69. The lowest BCUT2D eigenvalue weighted by Crippen LogP contribution is -2.56. The zero-order chi connectivity index (χ0) is 20.3. The van der Waals surface area contributed by atoms with E-state index in [1.165, 1.54) is 12.2 Å². The lowest BCUT2D eigenvalue weighted by atomic mass is 9.64. The Labute approximate surface area is 164 Å². The van der Waals surface area contributed by atoms with Gasteiger partial charge in [-0.15, -0.1) is 0 Å². The number of allylic oxidation sites excluding steroid dienone is 1. The fourth-order valence-electron chi connectivity index (χ4n) is 4.99. The van der Waals surface area contributed by atoms with Gasteiger partial charge in [0.25, 0.3) is 0 Å². The number of hydrogen-bond acceptors (Lipinski definition) is 5. The van der Waals surface area contributed by atoms with E-state index in [2.05, 4.69) is 6.58 Å². The summed E-state index contributed by atoms with van der Waals surface area (Å²) in [6.45, 7) is 7.37. The lowest BCUT2D eigenvalue weighted by molar-refractivity contribution is -0.166. The molecule has 0 radical (unpaired) electrons. The average molecular weight is 380 g/mol. The molecule has 0 bridgehead atoms. The molecule has 1 heterocycles. The third kappa shape index (κ3) is 2.35.